The van der Waals surface area contributed by atoms with Crippen molar-refractivity contribution in [3.8, 4) is 0 Å². The lowest BCUT2D eigenvalue weighted by molar-refractivity contribution is -0.162. The molecule has 4 nitrogen and oxygen atoms in total. The first-order valence-corrected chi connectivity index (χ1v) is 5.67. The Labute approximate surface area is 89.0 Å². The van der Waals surface area contributed by atoms with E-state index in [1.165, 1.54) is 12.8 Å². The van der Waals surface area contributed by atoms with E-state index in [0.717, 1.165) is 18.8 Å². The first kappa shape index (κ1) is 10.5. The van der Waals surface area contributed by atoms with Crippen LogP contribution < -0.4 is 5.32 Å². The van der Waals surface area contributed by atoms with Gasteiger partial charge in [-0.25, -0.2) is 0 Å². The molecule has 0 aromatic heterocycles. The van der Waals surface area contributed by atoms with Crippen LogP contribution >= 0.6 is 0 Å². The molecule has 2 aliphatic carbocycles. The van der Waals surface area contributed by atoms with E-state index in [-0.39, 0.29) is 5.91 Å². The van der Waals surface area contributed by atoms with Crippen molar-refractivity contribution in [1.82, 2.24) is 5.32 Å². The SMILES string of the molecule is O=C(O)C1(C(=O)NCCC2CC2)CCC1. The summed E-state index contributed by atoms with van der Waals surface area (Å²) >= 11 is 0. The highest BCUT2D eigenvalue weighted by atomic mass is 16.4. The normalized spacial score (nSPS) is 22.9. The van der Waals surface area contributed by atoms with Crippen LogP contribution in [0.25, 0.3) is 0 Å². The van der Waals surface area contributed by atoms with Crippen LogP contribution in [0.1, 0.15) is 38.5 Å². The summed E-state index contributed by atoms with van der Waals surface area (Å²) in [5.41, 5.74) is -1.09. The third-order valence-electron chi connectivity index (χ3n) is 3.59. The van der Waals surface area contributed by atoms with E-state index in [1.54, 1.807) is 0 Å². The highest BCUT2D eigenvalue weighted by molar-refractivity contribution is 6.02. The first-order chi connectivity index (χ1) is 7.15. The Morgan fingerprint density at radius 3 is 2.40 bits per heavy atom. The third-order valence-corrected chi connectivity index (χ3v) is 3.59. The second-order valence-corrected chi connectivity index (χ2v) is 4.73. The summed E-state index contributed by atoms with van der Waals surface area (Å²) in [6, 6.07) is 0. The average molecular weight is 211 g/mol. The van der Waals surface area contributed by atoms with Gasteiger partial charge in [-0.05, 0) is 25.2 Å². The highest BCUT2D eigenvalue weighted by Crippen LogP contribution is 2.41. The fraction of sp³-hybridized carbons (Fsp3) is 0.818. The van der Waals surface area contributed by atoms with E-state index < -0.39 is 11.4 Å². The lowest BCUT2D eigenvalue weighted by atomic mass is 9.68. The Bertz CT molecular complexity index is 280. The first-order valence-electron chi connectivity index (χ1n) is 5.67. The molecule has 2 N–H and O–H groups in total. The Kier molecular flexibility index (Phi) is 2.67. The van der Waals surface area contributed by atoms with Crippen LogP contribution in [0.2, 0.25) is 0 Å². The van der Waals surface area contributed by atoms with Crippen molar-refractivity contribution in [1.29, 1.82) is 0 Å². The number of carboxylic acid groups (broad SMARTS) is 1. The molecule has 84 valence electrons. The summed E-state index contributed by atoms with van der Waals surface area (Å²) in [5, 5.41) is 11.8. The highest BCUT2D eigenvalue weighted by Gasteiger charge is 2.50. The minimum Gasteiger partial charge on any atom is -0.480 e. The zero-order chi connectivity index (χ0) is 10.9. The molecule has 15 heavy (non-hydrogen) atoms. The summed E-state index contributed by atoms with van der Waals surface area (Å²) in [7, 11) is 0. The van der Waals surface area contributed by atoms with Gasteiger partial charge >= 0.3 is 5.97 Å². The summed E-state index contributed by atoms with van der Waals surface area (Å²) in [4.78, 5) is 22.7. The molecule has 2 saturated carbocycles. The second kappa shape index (κ2) is 3.83. The Morgan fingerprint density at radius 1 is 1.33 bits per heavy atom. The maximum atomic E-state index is 11.7. The molecular formula is C11H17NO3. The fourth-order valence-electron chi connectivity index (χ4n) is 2.03. The van der Waals surface area contributed by atoms with Crippen LogP contribution in [0, 0.1) is 11.3 Å². The fourth-order valence-corrected chi connectivity index (χ4v) is 2.03. The predicted molar refractivity (Wildman–Crippen MR) is 54.3 cm³/mol. The molecule has 0 saturated heterocycles. The quantitative estimate of drug-likeness (QED) is 0.670. The molecular weight excluding hydrogens is 194 g/mol. The van der Waals surface area contributed by atoms with Gasteiger partial charge in [0.2, 0.25) is 5.91 Å². The van der Waals surface area contributed by atoms with E-state index in [2.05, 4.69) is 5.32 Å². The molecule has 0 unspecified atom stereocenters. The van der Waals surface area contributed by atoms with Gasteiger partial charge in [0.15, 0.2) is 0 Å². The number of amides is 1. The number of carbonyl (C=O) groups excluding carboxylic acids is 1. The van der Waals surface area contributed by atoms with Crippen LogP contribution in [0.4, 0.5) is 0 Å². The number of carboxylic acids is 1. The second-order valence-electron chi connectivity index (χ2n) is 4.73. The van der Waals surface area contributed by atoms with Gasteiger partial charge < -0.3 is 10.4 Å². The molecule has 0 radical (unpaired) electrons. The minimum atomic E-state index is -1.09. The molecule has 2 aliphatic rings. The van der Waals surface area contributed by atoms with Gasteiger partial charge in [-0.2, -0.15) is 0 Å². The lowest BCUT2D eigenvalue weighted by Crippen LogP contribution is -2.51. The van der Waals surface area contributed by atoms with Crippen molar-refractivity contribution < 1.29 is 14.7 Å². The smallest absolute Gasteiger partial charge is 0.319 e. The monoisotopic (exact) mass is 211 g/mol. The standard InChI is InChI=1S/C11H17NO3/c13-9(12-7-4-8-2-3-8)11(10(14)15)5-1-6-11/h8H,1-7H2,(H,12,13)(H,14,15). The zero-order valence-corrected chi connectivity index (χ0v) is 8.79. The summed E-state index contributed by atoms with van der Waals surface area (Å²) in [5.74, 6) is -0.466. The number of hydrogen-bond donors (Lipinski definition) is 2. The van der Waals surface area contributed by atoms with Gasteiger partial charge in [0.25, 0.3) is 0 Å². The molecule has 0 aromatic rings. The third kappa shape index (κ3) is 1.98. The lowest BCUT2D eigenvalue weighted by Gasteiger charge is -2.35. The van der Waals surface area contributed by atoms with Crippen molar-refractivity contribution in [2.75, 3.05) is 6.54 Å². The summed E-state index contributed by atoms with van der Waals surface area (Å²) < 4.78 is 0. The van der Waals surface area contributed by atoms with Crippen molar-refractivity contribution in [3.05, 3.63) is 0 Å². The van der Waals surface area contributed by atoms with Crippen LogP contribution in [-0.4, -0.2) is 23.5 Å². The maximum Gasteiger partial charge on any atom is 0.319 e. The summed E-state index contributed by atoms with van der Waals surface area (Å²) in [6.07, 6.45) is 5.37. The summed E-state index contributed by atoms with van der Waals surface area (Å²) in [6.45, 7) is 0.637. The van der Waals surface area contributed by atoms with Crippen molar-refractivity contribution in [2.45, 2.75) is 38.5 Å². The number of carbonyl (C=O) groups is 2. The molecule has 1 amide bonds. The van der Waals surface area contributed by atoms with Crippen molar-refractivity contribution in [3.63, 3.8) is 0 Å². The Hall–Kier alpha value is -1.06. The maximum absolute atomic E-state index is 11.7. The van der Waals surface area contributed by atoms with Crippen LogP contribution in [0.3, 0.4) is 0 Å². The Balaban J connectivity index is 1.79. The molecule has 0 heterocycles. The van der Waals surface area contributed by atoms with Crippen molar-refractivity contribution in [2.24, 2.45) is 11.3 Å². The van der Waals surface area contributed by atoms with Gasteiger partial charge in [0.1, 0.15) is 5.41 Å². The topological polar surface area (TPSA) is 66.4 Å². The van der Waals surface area contributed by atoms with Crippen LogP contribution in [-0.2, 0) is 9.59 Å². The molecule has 2 fully saturated rings. The largest absolute Gasteiger partial charge is 0.480 e. The van der Waals surface area contributed by atoms with E-state index >= 15 is 0 Å². The number of rotatable bonds is 5. The van der Waals surface area contributed by atoms with Gasteiger partial charge in [0, 0.05) is 6.54 Å². The van der Waals surface area contributed by atoms with Gasteiger partial charge in [-0.3, -0.25) is 9.59 Å². The number of nitrogens with one attached hydrogen (secondary N) is 1. The average Bonchev–Trinajstić information content (AvgIpc) is 2.84. The zero-order valence-electron chi connectivity index (χ0n) is 8.79. The van der Waals surface area contributed by atoms with E-state index in [9.17, 15) is 9.59 Å². The van der Waals surface area contributed by atoms with E-state index in [0.29, 0.717) is 19.4 Å². The minimum absolute atomic E-state index is 0.276. The van der Waals surface area contributed by atoms with Gasteiger partial charge in [-0.1, -0.05) is 19.3 Å². The molecule has 0 aromatic carbocycles. The molecule has 0 aliphatic heterocycles. The number of hydrogen-bond acceptors (Lipinski definition) is 2. The van der Waals surface area contributed by atoms with Crippen LogP contribution in [0.15, 0.2) is 0 Å². The van der Waals surface area contributed by atoms with E-state index in [4.69, 9.17) is 5.11 Å². The van der Waals surface area contributed by atoms with Gasteiger partial charge in [0.05, 0.1) is 0 Å². The Morgan fingerprint density at radius 2 is 2.00 bits per heavy atom. The number of aliphatic carboxylic acids is 1. The molecule has 0 spiro atoms. The van der Waals surface area contributed by atoms with Crippen molar-refractivity contribution >= 4 is 11.9 Å². The molecule has 0 bridgehead atoms. The molecule has 4 heteroatoms. The molecule has 2 rings (SSSR count). The van der Waals surface area contributed by atoms with Gasteiger partial charge in [-0.15, -0.1) is 0 Å². The van der Waals surface area contributed by atoms with Crippen LogP contribution in [0.5, 0.6) is 0 Å². The molecule has 0 atom stereocenters. The predicted octanol–water partition coefficient (Wildman–Crippen LogP) is 1.16. The van der Waals surface area contributed by atoms with E-state index in [1.807, 2.05) is 0 Å².